The Morgan fingerprint density at radius 3 is 1.75 bits per heavy atom. The molecular formula is C58H34N2O. The number of hydrogen-bond donors (Lipinski definition) is 0. The van der Waals surface area contributed by atoms with E-state index in [9.17, 15) is 0 Å². The molecule has 10 aromatic carbocycles. The number of benzene rings is 10. The lowest BCUT2D eigenvalue weighted by molar-refractivity contribution is 0.666. The number of aromatic nitrogens is 2. The third-order valence-corrected chi connectivity index (χ3v) is 13.3. The summed E-state index contributed by atoms with van der Waals surface area (Å²) in [5.74, 6) is 0. The molecule has 0 unspecified atom stereocenters. The molecule has 0 N–H and O–H groups in total. The summed E-state index contributed by atoms with van der Waals surface area (Å²) in [6.07, 6.45) is 0. The van der Waals surface area contributed by atoms with Crippen molar-refractivity contribution >= 4 is 76.3 Å². The summed E-state index contributed by atoms with van der Waals surface area (Å²) in [4.78, 5) is 0. The number of furan rings is 1. The number of rotatable bonds is 4. The van der Waals surface area contributed by atoms with Crippen molar-refractivity contribution in [1.82, 2.24) is 9.13 Å². The lowest BCUT2D eigenvalue weighted by Crippen LogP contribution is -1.95. The third kappa shape index (κ3) is 4.52. The molecule has 3 heteroatoms. The molecular weight excluding hydrogens is 741 g/mol. The van der Waals surface area contributed by atoms with E-state index in [4.69, 9.17) is 4.42 Å². The first-order chi connectivity index (χ1) is 30.3. The molecule has 282 valence electrons. The molecule has 61 heavy (non-hydrogen) atoms. The van der Waals surface area contributed by atoms with Crippen LogP contribution in [0, 0.1) is 0 Å². The fourth-order valence-electron chi connectivity index (χ4n) is 10.6. The molecule has 1 aliphatic carbocycles. The first-order valence-corrected chi connectivity index (χ1v) is 21.0. The Kier molecular flexibility index (Phi) is 6.56. The fourth-order valence-corrected chi connectivity index (χ4v) is 10.6. The molecule has 0 spiro atoms. The van der Waals surface area contributed by atoms with E-state index in [0.717, 1.165) is 44.3 Å². The van der Waals surface area contributed by atoms with Gasteiger partial charge in [-0.3, -0.25) is 0 Å². The highest BCUT2D eigenvalue weighted by Gasteiger charge is 2.23. The van der Waals surface area contributed by atoms with Gasteiger partial charge < -0.3 is 13.6 Å². The summed E-state index contributed by atoms with van der Waals surface area (Å²) in [7, 11) is 0. The second-order valence-electron chi connectivity index (χ2n) is 16.4. The monoisotopic (exact) mass is 774 g/mol. The van der Waals surface area contributed by atoms with E-state index in [1.165, 1.54) is 87.9 Å². The van der Waals surface area contributed by atoms with Crippen molar-refractivity contribution in [2.24, 2.45) is 0 Å². The van der Waals surface area contributed by atoms with Crippen molar-refractivity contribution in [2.75, 3.05) is 0 Å². The Balaban J connectivity index is 0.937. The Morgan fingerprint density at radius 2 is 0.885 bits per heavy atom. The van der Waals surface area contributed by atoms with Crippen LogP contribution in [0.1, 0.15) is 0 Å². The van der Waals surface area contributed by atoms with E-state index >= 15 is 0 Å². The van der Waals surface area contributed by atoms with Crippen molar-refractivity contribution in [3.05, 3.63) is 206 Å². The molecule has 14 rings (SSSR count). The second-order valence-corrected chi connectivity index (χ2v) is 16.4. The molecule has 3 nitrogen and oxygen atoms in total. The average Bonchev–Trinajstić information content (AvgIpc) is 4.06. The first-order valence-electron chi connectivity index (χ1n) is 21.0. The number of hydrogen-bond acceptors (Lipinski definition) is 1. The molecule has 0 aliphatic heterocycles. The maximum Gasteiger partial charge on any atom is 0.159 e. The van der Waals surface area contributed by atoms with Crippen LogP contribution in [0.3, 0.4) is 0 Å². The van der Waals surface area contributed by atoms with E-state index in [-0.39, 0.29) is 0 Å². The highest BCUT2D eigenvalue weighted by atomic mass is 16.3. The van der Waals surface area contributed by atoms with Gasteiger partial charge in [0.1, 0.15) is 5.58 Å². The van der Waals surface area contributed by atoms with Gasteiger partial charge in [-0.25, -0.2) is 0 Å². The van der Waals surface area contributed by atoms with E-state index in [1.54, 1.807) is 0 Å². The molecule has 0 fully saturated rings. The Morgan fingerprint density at radius 1 is 0.295 bits per heavy atom. The Hall–Kier alpha value is -8.14. The molecule has 0 saturated carbocycles. The van der Waals surface area contributed by atoms with Gasteiger partial charge in [-0.05, 0) is 110 Å². The lowest BCUT2D eigenvalue weighted by atomic mass is 9.94. The zero-order valence-electron chi connectivity index (χ0n) is 32.9. The smallest absolute Gasteiger partial charge is 0.159 e. The normalized spacial score (nSPS) is 12.3. The lowest BCUT2D eigenvalue weighted by Gasteiger charge is -2.13. The Labute approximate surface area is 350 Å². The maximum atomic E-state index is 6.56. The van der Waals surface area contributed by atoms with E-state index in [2.05, 4.69) is 209 Å². The van der Waals surface area contributed by atoms with Crippen LogP contribution in [0.4, 0.5) is 0 Å². The van der Waals surface area contributed by atoms with Gasteiger partial charge in [0.15, 0.2) is 5.58 Å². The topological polar surface area (TPSA) is 23.0 Å². The minimum absolute atomic E-state index is 0.900. The molecule has 3 heterocycles. The van der Waals surface area contributed by atoms with Crippen molar-refractivity contribution in [3.8, 4) is 55.9 Å². The quantitative estimate of drug-likeness (QED) is 0.175. The third-order valence-electron chi connectivity index (χ3n) is 13.3. The number of nitrogens with zero attached hydrogens (tertiary/aromatic N) is 2. The maximum absolute atomic E-state index is 6.56. The van der Waals surface area contributed by atoms with Gasteiger partial charge in [0.25, 0.3) is 0 Å². The van der Waals surface area contributed by atoms with Crippen LogP contribution in [0.5, 0.6) is 0 Å². The minimum atomic E-state index is 0.900. The number of para-hydroxylation sites is 4. The molecule has 13 aromatic rings. The van der Waals surface area contributed by atoms with Gasteiger partial charge in [0, 0.05) is 38.0 Å². The molecule has 0 atom stereocenters. The molecule has 0 bridgehead atoms. The fraction of sp³-hybridized carbons (Fsp3) is 0. The second kappa shape index (κ2) is 12.2. The van der Waals surface area contributed by atoms with Crippen molar-refractivity contribution < 1.29 is 4.42 Å². The van der Waals surface area contributed by atoms with Crippen LogP contribution in [0.2, 0.25) is 0 Å². The summed E-state index contributed by atoms with van der Waals surface area (Å²) in [6, 6.07) is 75.5. The molecule has 3 aromatic heterocycles. The van der Waals surface area contributed by atoms with Crippen LogP contribution in [-0.2, 0) is 0 Å². The Bertz CT molecular complexity index is 3980. The number of fused-ring (bicyclic) bond motifs is 12. The van der Waals surface area contributed by atoms with E-state index in [0.29, 0.717) is 0 Å². The summed E-state index contributed by atoms with van der Waals surface area (Å²) in [5.41, 5.74) is 18.8. The van der Waals surface area contributed by atoms with Crippen molar-refractivity contribution in [3.63, 3.8) is 0 Å². The molecule has 0 saturated heterocycles. The van der Waals surface area contributed by atoms with Gasteiger partial charge in [0.2, 0.25) is 0 Å². The van der Waals surface area contributed by atoms with Gasteiger partial charge in [0.05, 0.1) is 27.8 Å². The van der Waals surface area contributed by atoms with Crippen LogP contribution in [0.25, 0.3) is 132 Å². The van der Waals surface area contributed by atoms with Crippen LogP contribution in [0.15, 0.2) is 211 Å². The van der Waals surface area contributed by atoms with Gasteiger partial charge in [-0.1, -0.05) is 152 Å². The largest absolute Gasteiger partial charge is 0.454 e. The standard InChI is InChI=1S/C58H34N2O/c1-2-15-41-40(14-1)47-20-10-19-46-39(29-30-48(41)57(46)47)37-12-9-13-38(32-37)59-51-22-6-3-16-42(51)44-28-26-36(34-55(44)59)35-27-31-53-50(33-35)43-17-4-7-23-52(43)60(53)54-24-11-21-49-45-18-5-8-25-56(45)61-58(49)54/h1-34H. The first kappa shape index (κ1) is 32.8. The van der Waals surface area contributed by atoms with Crippen molar-refractivity contribution in [2.45, 2.75) is 0 Å². The van der Waals surface area contributed by atoms with E-state index in [1.807, 2.05) is 6.07 Å². The summed E-state index contributed by atoms with van der Waals surface area (Å²) >= 11 is 0. The molecule has 1 aliphatic rings. The summed E-state index contributed by atoms with van der Waals surface area (Å²) in [6.45, 7) is 0. The van der Waals surface area contributed by atoms with Gasteiger partial charge in [-0.2, -0.15) is 0 Å². The van der Waals surface area contributed by atoms with Gasteiger partial charge in [-0.15, -0.1) is 0 Å². The zero-order chi connectivity index (χ0) is 39.8. The highest BCUT2D eigenvalue weighted by Crippen LogP contribution is 2.49. The molecule has 0 radical (unpaired) electrons. The average molecular weight is 775 g/mol. The van der Waals surface area contributed by atoms with Crippen LogP contribution in [-0.4, -0.2) is 9.13 Å². The SMILES string of the molecule is c1cc(-c2ccc3c4c(cccc24)-c2ccccc2-3)cc(-n2c3ccccc3c3ccc(-c4ccc5c(c4)c4ccccc4n5-c4cccc5c4oc4ccccc45)cc32)c1. The van der Waals surface area contributed by atoms with E-state index < -0.39 is 0 Å². The molecule has 0 amide bonds. The van der Waals surface area contributed by atoms with Crippen LogP contribution >= 0.6 is 0 Å². The summed E-state index contributed by atoms with van der Waals surface area (Å²) in [5, 5.41) is 9.81. The highest BCUT2D eigenvalue weighted by molar-refractivity contribution is 6.19. The van der Waals surface area contributed by atoms with Gasteiger partial charge >= 0.3 is 0 Å². The van der Waals surface area contributed by atoms with Crippen molar-refractivity contribution in [1.29, 1.82) is 0 Å². The van der Waals surface area contributed by atoms with Crippen LogP contribution < -0.4 is 0 Å². The minimum Gasteiger partial charge on any atom is -0.454 e. The predicted molar refractivity (Wildman–Crippen MR) is 255 cm³/mol. The summed E-state index contributed by atoms with van der Waals surface area (Å²) < 4.78 is 11.4. The predicted octanol–water partition coefficient (Wildman–Crippen LogP) is 15.9. The zero-order valence-corrected chi connectivity index (χ0v) is 32.9.